The topological polar surface area (TPSA) is 12.0 Å². The summed E-state index contributed by atoms with van der Waals surface area (Å²) in [5.41, 5.74) is 2.37. The smallest absolute Gasteiger partial charge is 0.0456 e. The molecule has 0 aliphatic heterocycles. The number of benzene rings is 1. The Labute approximate surface area is 111 Å². The van der Waals surface area contributed by atoms with E-state index < -0.39 is 0 Å². The lowest BCUT2D eigenvalue weighted by Crippen LogP contribution is -2.18. The number of thiophene rings is 1. The van der Waals surface area contributed by atoms with Crippen molar-refractivity contribution in [3.8, 4) is 0 Å². The van der Waals surface area contributed by atoms with Crippen LogP contribution >= 0.6 is 22.9 Å². The Hall–Kier alpha value is -0.830. The van der Waals surface area contributed by atoms with Crippen LogP contribution in [-0.2, 0) is 6.42 Å². The van der Waals surface area contributed by atoms with Crippen LogP contribution in [0.5, 0.6) is 0 Å². The molecular weight excluding hydrogens is 250 g/mol. The Morgan fingerprint density at radius 3 is 2.76 bits per heavy atom. The van der Waals surface area contributed by atoms with Gasteiger partial charge in [-0.2, -0.15) is 0 Å². The Kier molecular flexibility index (Phi) is 4.21. The molecule has 17 heavy (non-hydrogen) atoms. The molecule has 0 radical (unpaired) electrons. The predicted molar refractivity (Wildman–Crippen MR) is 76.0 cm³/mol. The van der Waals surface area contributed by atoms with Crippen LogP contribution in [0.15, 0.2) is 35.7 Å². The predicted octanol–water partition coefficient (Wildman–Crippen LogP) is 4.21. The third kappa shape index (κ3) is 3.09. The van der Waals surface area contributed by atoms with E-state index >= 15 is 0 Å². The SMILES string of the molecule is CNC(Cc1cccs1)c1ccc(C)cc1Cl. The van der Waals surface area contributed by atoms with Gasteiger partial charge in [0.2, 0.25) is 0 Å². The fraction of sp³-hybridized carbons (Fsp3) is 0.286. The van der Waals surface area contributed by atoms with Gasteiger partial charge in [-0.05, 0) is 42.6 Å². The van der Waals surface area contributed by atoms with Crippen molar-refractivity contribution in [3.05, 3.63) is 56.7 Å². The van der Waals surface area contributed by atoms with E-state index in [1.54, 1.807) is 11.3 Å². The maximum atomic E-state index is 6.31. The van der Waals surface area contributed by atoms with Gasteiger partial charge >= 0.3 is 0 Å². The maximum Gasteiger partial charge on any atom is 0.0456 e. The lowest BCUT2D eigenvalue weighted by atomic mass is 10.0. The third-order valence-electron chi connectivity index (χ3n) is 2.87. The van der Waals surface area contributed by atoms with Crippen LogP contribution < -0.4 is 5.32 Å². The first kappa shape index (κ1) is 12.6. The van der Waals surface area contributed by atoms with Crippen LogP contribution in [0.1, 0.15) is 22.0 Å². The first-order valence-corrected chi connectivity index (χ1v) is 6.92. The van der Waals surface area contributed by atoms with E-state index in [1.165, 1.54) is 16.0 Å². The van der Waals surface area contributed by atoms with Crippen LogP contribution in [0, 0.1) is 6.92 Å². The summed E-state index contributed by atoms with van der Waals surface area (Å²) < 4.78 is 0. The molecule has 2 aromatic rings. The quantitative estimate of drug-likeness (QED) is 0.873. The second-order valence-electron chi connectivity index (χ2n) is 4.15. The molecule has 0 saturated heterocycles. The second-order valence-corrected chi connectivity index (χ2v) is 5.59. The molecule has 0 fully saturated rings. The zero-order valence-electron chi connectivity index (χ0n) is 10.0. The van der Waals surface area contributed by atoms with Gasteiger partial charge < -0.3 is 5.32 Å². The average molecular weight is 266 g/mol. The fourth-order valence-corrected chi connectivity index (χ4v) is 3.03. The van der Waals surface area contributed by atoms with Crippen molar-refractivity contribution in [1.82, 2.24) is 5.32 Å². The van der Waals surface area contributed by atoms with E-state index in [9.17, 15) is 0 Å². The van der Waals surface area contributed by atoms with Crippen LogP contribution in [0.3, 0.4) is 0 Å². The van der Waals surface area contributed by atoms with Crippen molar-refractivity contribution in [3.63, 3.8) is 0 Å². The minimum Gasteiger partial charge on any atom is -0.313 e. The number of halogens is 1. The normalized spacial score (nSPS) is 12.6. The first-order valence-electron chi connectivity index (χ1n) is 5.66. The molecule has 0 aliphatic rings. The Morgan fingerprint density at radius 2 is 2.18 bits per heavy atom. The highest BCUT2D eigenvalue weighted by atomic mass is 35.5. The number of nitrogens with one attached hydrogen (secondary N) is 1. The zero-order chi connectivity index (χ0) is 12.3. The summed E-state index contributed by atoms with van der Waals surface area (Å²) in [5.74, 6) is 0. The molecule has 90 valence electrons. The Bertz CT molecular complexity index is 479. The third-order valence-corrected chi connectivity index (χ3v) is 4.09. The molecule has 1 aromatic heterocycles. The molecular formula is C14H16ClNS. The first-order chi connectivity index (χ1) is 8.20. The molecule has 0 bridgehead atoms. The van der Waals surface area contributed by atoms with Crippen molar-refractivity contribution in [2.45, 2.75) is 19.4 Å². The monoisotopic (exact) mass is 265 g/mol. The minimum atomic E-state index is 0.279. The van der Waals surface area contributed by atoms with Crippen molar-refractivity contribution in [2.24, 2.45) is 0 Å². The summed E-state index contributed by atoms with van der Waals surface area (Å²) in [6, 6.07) is 10.8. The van der Waals surface area contributed by atoms with E-state index in [1.807, 2.05) is 13.1 Å². The van der Waals surface area contributed by atoms with E-state index in [0.29, 0.717) is 0 Å². The molecule has 0 aliphatic carbocycles. The molecule has 0 saturated carbocycles. The molecule has 0 spiro atoms. The molecule has 3 heteroatoms. The van der Waals surface area contributed by atoms with Gasteiger partial charge in [-0.3, -0.25) is 0 Å². The molecule has 1 N–H and O–H groups in total. The summed E-state index contributed by atoms with van der Waals surface area (Å²) in [6.07, 6.45) is 0.983. The van der Waals surface area contributed by atoms with Crippen molar-refractivity contribution < 1.29 is 0 Å². The summed E-state index contributed by atoms with van der Waals surface area (Å²) in [7, 11) is 1.98. The molecule has 1 atom stereocenters. The number of aryl methyl sites for hydroxylation is 1. The lowest BCUT2D eigenvalue weighted by molar-refractivity contribution is 0.596. The van der Waals surface area contributed by atoms with Crippen molar-refractivity contribution in [1.29, 1.82) is 0 Å². The molecule has 1 aromatic carbocycles. The highest BCUT2D eigenvalue weighted by molar-refractivity contribution is 7.09. The van der Waals surface area contributed by atoms with Gasteiger partial charge in [-0.25, -0.2) is 0 Å². The highest BCUT2D eigenvalue weighted by Crippen LogP contribution is 2.27. The average Bonchev–Trinajstić information content (AvgIpc) is 2.79. The summed E-state index contributed by atoms with van der Waals surface area (Å²) in [6.45, 7) is 2.06. The Balaban J connectivity index is 2.23. The molecule has 1 nitrogen and oxygen atoms in total. The number of likely N-dealkylation sites (N-methyl/N-ethyl adjacent to an activating group) is 1. The zero-order valence-corrected chi connectivity index (χ0v) is 11.6. The van der Waals surface area contributed by atoms with Gasteiger partial charge in [-0.1, -0.05) is 29.8 Å². The van der Waals surface area contributed by atoms with Crippen LogP contribution in [-0.4, -0.2) is 7.05 Å². The van der Waals surface area contributed by atoms with Gasteiger partial charge in [0.15, 0.2) is 0 Å². The van der Waals surface area contributed by atoms with E-state index in [2.05, 4.69) is 41.9 Å². The molecule has 0 amide bonds. The number of hydrogen-bond acceptors (Lipinski definition) is 2. The summed E-state index contributed by atoms with van der Waals surface area (Å²) in [5, 5.41) is 6.30. The lowest BCUT2D eigenvalue weighted by Gasteiger charge is -2.17. The van der Waals surface area contributed by atoms with Crippen LogP contribution in [0.25, 0.3) is 0 Å². The van der Waals surface area contributed by atoms with Gasteiger partial charge in [0.1, 0.15) is 0 Å². The highest BCUT2D eigenvalue weighted by Gasteiger charge is 2.13. The van der Waals surface area contributed by atoms with Crippen molar-refractivity contribution >= 4 is 22.9 Å². The van der Waals surface area contributed by atoms with Crippen LogP contribution in [0.2, 0.25) is 5.02 Å². The Morgan fingerprint density at radius 1 is 1.35 bits per heavy atom. The molecule has 2 rings (SSSR count). The fourth-order valence-electron chi connectivity index (χ4n) is 1.91. The van der Waals surface area contributed by atoms with Crippen LogP contribution in [0.4, 0.5) is 0 Å². The molecule has 1 heterocycles. The second kappa shape index (κ2) is 5.67. The minimum absolute atomic E-state index is 0.279. The summed E-state index contributed by atoms with van der Waals surface area (Å²) in [4.78, 5) is 1.38. The number of hydrogen-bond donors (Lipinski definition) is 1. The van der Waals surface area contributed by atoms with Crippen molar-refractivity contribution in [2.75, 3.05) is 7.05 Å². The maximum absolute atomic E-state index is 6.31. The van der Waals surface area contributed by atoms with E-state index in [4.69, 9.17) is 11.6 Å². The van der Waals surface area contributed by atoms with E-state index in [0.717, 1.165) is 11.4 Å². The molecule has 1 unspecified atom stereocenters. The summed E-state index contributed by atoms with van der Waals surface area (Å²) >= 11 is 8.09. The van der Waals surface area contributed by atoms with Gasteiger partial charge in [0, 0.05) is 22.4 Å². The largest absolute Gasteiger partial charge is 0.313 e. The number of rotatable bonds is 4. The van der Waals surface area contributed by atoms with Gasteiger partial charge in [0.25, 0.3) is 0 Å². The van der Waals surface area contributed by atoms with Gasteiger partial charge in [-0.15, -0.1) is 11.3 Å². The standard InChI is InChI=1S/C14H16ClNS/c1-10-5-6-12(13(15)8-10)14(16-2)9-11-4-3-7-17-11/h3-8,14,16H,9H2,1-2H3. The van der Waals surface area contributed by atoms with E-state index in [-0.39, 0.29) is 6.04 Å². The van der Waals surface area contributed by atoms with Gasteiger partial charge in [0.05, 0.1) is 0 Å².